The Labute approximate surface area is 201 Å². The van der Waals surface area contributed by atoms with Gasteiger partial charge in [0.1, 0.15) is 6.61 Å². The summed E-state index contributed by atoms with van der Waals surface area (Å²) in [5.74, 6) is -2.22. The lowest BCUT2D eigenvalue weighted by atomic mass is 10.1. The van der Waals surface area contributed by atoms with Crippen LogP contribution in [0.2, 0.25) is 0 Å². The topological polar surface area (TPSA) is 81.7 Å². The van der Waals surface area contributed by atoms with E-state index in [0.29, 0.717) is 52.9 Å². The van der Waals surface area contributed by atoms with Crippen LogP contribution in [0, 0.1) is 0 Å². The quantitative estimate of drug-likeness (QED) is 0.129. The zero-order valence-corrected chi connectivity index (χ0v) is 20.5. The second kappa shape index (κ2) is 25.1. The van der Waals surface area contributed by atoms with E-state index >= 15 is 0 Å². The molecule has 0 atom stereocenters. The van der Waals surface area contributed by atoms with Crippen LogP contribution in [0.25, 0.3) is 0 Å². The van der Waals surface area contributed by atoms with Crippen LogP contribution in [0.1, 0.15) is 51.9 Å². The summed E-state index contributed by atoms with van der Waals surface area (Å²) in [7, 11) is 0. The van der Waals surface area contributed by atoms with Crippen LogP contribution in [-0.4, -0.2) is 98.0 Å². The van der Waals surface area contributed by atoms with Gasteiger partial charge in [0.25, 0.3) is 0 Å². The van der Waals surface area contributed by atoms with Crippen molar-refractivity contribution >= 4 is 5.97 Å². The molecule has 34 heavy (non-hydrogen) atoms. The predicted octanol–water partition coefficient (Wildman–Crippen LogP) is 3.94. The van der Waals surface area contributed by atoms with Crippen molar-refractivity contribution in [1.82, 2.24) is 0 Å². The lowest BCUT2D eigenvalue weighted by molar-refractivity contribution is -0.200. The molecule has 0 aromatic carbocycles. The fourth-order valence-electron chi connectivity index (χ4n) is 2.64. The molecule has 0 spiro atoms. The van der Waals surface area contributed by atoms with Gasteiger partial charge in [0.05, 0.1) is 72.7 Å². The molecule has 0 rings (SSSR count). The van der Waals surface area contributed by atoms with Crippen molar-refractivity contribution in [2.45, 2.75) is 58.0 Å². The second-order valence-corrected chi connectivity index (χ2v) is 7.43. The number of unbranched alkanes of at least 4 members (excludes halogenated alkanes) is 6. The second-order valence-electron chi connectivity index (χ2n) is 7.43. The summed E-state index contributed by atoms with van der Waals surface area (Å²) in [6.45, 7) is 6.68. The van der Waals surface area contributed by atoms with Crippen molar-refractivity contribution in [2.24, 2.45) is 0 Å². The van der Waals surface area contributed by atoms with Gasteiger partial charge in [-0.15, -0.1) is 0 Å². The Bertz CT molecular complexity index is 439. The van der Waals surface area contributed by atoms with Crippen LogP contribution < -0.4 is 0 Å². The van der Waals surface area contributed by atoms with E-state index in [4.69, 9.17) is 28.4 Å². The normalized spacial score (nSPS) is 11.8. The van der Waals surface area contributed by atoms with E-state index in [-0.39, 0.29) is 19.8 Å². The van der Waals surface area contributed by atoms with Crippen LogP contribution in [0.4, 0.5) is 13.2 Å². The van der Waals surface area contributed by atoms with Crippen LogP contribution in [-0.2, 0) is 38.0 Å². The molecule has 0 saturated carbocycles. The molecule has 0 saturated heterocycles. The van der Waals surface area contributed by atoms with Gasteiger partial charge in [0.15, 0.2) is 0 Å². The fraction of sp³-hybridized carbons (Fsp3) is 0.957. The maximum atomic E-state index is 11.9. The molecular formula is C23H43F3O8. The lowest BCUT2D eigenvalue weighted by Crippen LogP contribution is -2.26. The largest absolute Gasteiger partial charge is 0.490 e. The number of carbonyl (C=O) groups excluding carboxylic acids is 1. The molecule has 0 aromatic rings. The van der Waals surface area contributed by atoms with E-state index < -0.39 is 18.8 Å². The number of halogens is 3. The number of alkyl halides is 3. The summed E-state index contributed by atoms with van der Waals surface area (Å²) in [6.07, 6.45) is 3.95. The first-order valence-corrected chi connectivity index (χ1v) is 12.2. The first-order valence-electron chi connectivity index (χ1n) is 12.2. The molecule has 204 valence electrons. The van der Waals surface area contributed by atoms with Crippen molar-refractivity contribution in [3.8, 4) is 0 Å². The zero-order valence-electron chi connectivity index (χ0n) is 20.5. The standard InChI is InChI=1S/C23H43F3O8/c1-2-3-4-5-6-7-8-9-28-10-11-29-12-13-30-14-15-31-16-17-32-18-19-33-20-21-34-22(27)23(24,25)26/h2-21H2,1H3. The van der Waals surface area contributed by atoms with E-state index in [1.54, 1.807) is 0 Å². The summed E-state index contributed by atoms with van der Waals surface area (Å²) >= 11 is 0. The van der Waals surface area contributed by atoms with Crippen molar-refractivity contribution in [3.63, 3.8) is 0 Å². The highest BCUT2D eigenvalue weighted by atomic mass is 19.4. The molecule has 11 heteroatoms. The Kier molecular flexibility index (Phi) is 24.4. The minimum absolute atomic E-state index is 0.130. The molecule has 0 aliphatic carbocycles. The van der Waals surface area contributed by atoms with Crippen LogP contribution >= 0.6 is 0 Å². The molecule has 0 heterocycles. The molecule has 0 aliphatic rings. The predicted molar refractivity (Wildman–Crippen MR) is 120 cm³/mol. The Morgan fingerprint density at radius 1 is 0.500 bits per heavy atom. The van der Waals surface area contributed by atoms with Crippen LogP contribution in [0.15, 0.2) is 0 Å². The number of rotatable bonds is 26. The minimum atomic E-state index is -4.98. The Morgan fingerprint density at radius 2 is 0.824 bits per heavy atom. The minimum Gasteiger partial charge on any atom is -0.457 e. The van der Waals surface area contributed by atoms with Gasteiger partial charge in [-0.2, -0.15) is 13.2 Å². The van der Waals surface area contributed by atoms with Crippen molar-refractivity contribution in [3.05, 3.63) is 0 Å². The Balaban J connectivity index is 3.08. The van der Waals surface area contributed by atoms with Crippen molar-refractivity contribution < 1.29 is 51.1 Å². The molecule has 8 nitrogen and oxygen atoms in total. The summed E-state index contributed by atoms with van der Waals surface area (Å²) in [5, 5.41) is 0. The SMILES string of the molecule is CCCCCCCCCOCCOCCOCCOCCOCCOCCOC(=O)C(F)(F)F. The van der Waals surface area contributed by atoms with Gasteiger partial charge in [0.2, 0.25) is 0 Å². The Hall–Kier alpha value is -0.980. The number of hydrogen-bond donors (Lipinski definition) is 0. The summed E-state index contributed by atoms with van der Waals surface area (Å²) in [4.78, 5) is 10.4. The third kappa shape index (κ3) is 25.6. The highest BCUT2D eigenvalue weighted by molar-refractivity contribution is 5.75. The van der Waals surface area contributed by atoms with Crippen molar-refractivity contribution in [1.29, 1.82) is 0 Å². The van der Waals surface area contributed by atoms with Crippen molar-refractivity contribution in [2.75, 3.05) is 85.9 Å². The van der Waals surface area contributed by atoms with Gasteiger partial charge in [-0.25, -0.2) is 4.79 Å². The molecular weight excluding hydrogens is 461 g/mol. The van der Waals surface area contributed by atoms with Crippen LogP contribution in [0.3, 0.4) is 0 Å². The van der Waals surface area contributed by atoms with Gasteiger partial charge in [-0.05, 0) is 6.42 Å². The van der Waals surface area contributed by atoms with Crippen LogP contribution in [0.5, 0.6) is 0 Å². The molecule has 0 aromatic heterocycles. The first kappa shape index (κ1) is 33.0. The molecule has 0 fully saturated rings. The highest BCUT2D eigenvalue weighted by Crippen LogP contribution is 2.16. The number of ether oxygens (including phenoxy) is 7. The van der Waals surface area contributed by atoms with E-state index in [1.165, 1.54) is 38.5 Å². The van der Waals surface area contributed by atoms with E-state index in [0.717, 1.165) is 13.0 Å². The molecule has 0 aliphatic heterocycles. The smallest absolute Gasteiger partial charge is 0.457 e. The average molecular weight is 505 g/mol. The molecule has 0 bridgehead atoms. The van der Waals surface area contributed by atoms with Gasteiger partial charge >= 0.3 is 12.1 Å². The number of esters is 1. The first-order chi connectivity index (χ1) is 16.5. The fourth-order valence-corrected chi connectivity index (χ4v) is 2.64. The third-order valence-corrected chi connectivity index (χ3v) is 4.44. The van der Waals surface area contributed by atoms with E-state index in [2.05, 4.69) is 11.7 Å². The lowest BCUT2D eigenvalue weighted by Gasteiger charge is -2.09. The van der Waals surface area contributed by atoms with Gasteiger partial charge < -0.3 is 33.2 Å². The average Bonchev–Trinajstić information content (AvgIpc) is 2.80. The summed E-state index contributed by atoms with van der Waals surface area (Å²) < 4.78 is 71.6. The maximum Gasteiger partial charge on any atom is 0.490 e. The van der Waals surface area contributed by atoms with E-state index in [1.807, 2.05) is 0 Å². The number of carbonyl (C=O) groups is 1. The summed E-state index contributed by atoms with van der Waals surface area (Å²) in [6, 6.07) is 0. The molecule has 0 unspecified atom stereocenters. The number of hydrogen-bond acceptors (Lipinski definition) is 8. The third-order valence-electron chi connectivity index (χ3n) is 4.44. The maximum absolute atomic E-state index is 11.9. The van der Waals surface area contributed by atoms with Gasteiger partial charge in [-0.3, -0.25) is 0 Å². The molecule has 0 amide bonds. The van der Waals surface area contributed by atoms with E-state index in [9.17, 15) is 18.0 Å². The highest BCUT2D eigenvalue weighted by Gasteiger charge is 2.40. The molecule has 0 N–H and O–H groups in total. The van der Waals surface area contributed by atoms with Gasteiger partial charge in [-0.1, -0.05) is 45.4 Å². The van der Waals surface area contributed by atoms with Gasteiger partial charge in [0, 0.05) is 6.61 Å². The summed E-state index contributed by atoms with van der Waals surface area (Å²) in [5.41, 5.74) is 0. The monoisotopic (exact) mass is 504 g/mol. The zero-order chi connectivity index (χ0) is 25.2. The Morgan fingerprint density at radius 3 is 1.21 bits per heavy atom. The molecule has 0 radical (unpaired) electrons.